The Hall–Kier alpha value is -1.06. The maximum absolute atomic E-state index is 11.4. The van der Waals surface area contributed by atoms with E-state index in [1.165, 1.54) is 7.11 Å². The zero-order valence-corrected chi connectivity index (χ0v) is 10.5. The third-order valence-electron chi connectivity index (χ3n) is 3.15. The van der Waals surface area contributed by atoms with Crippen LogP contribution in [0.5, 0.6) is 0 Å². The molecule has 0 aromatic heterocycles. The van der Waals surface area contributed by atoms with E-state index in [0.29, 0.717) is 6.04 Å². The first-order valence-electron chi connectivity index (χ1n) is 5.78. The highest BCUT2D eigenvalue weighted by atomic mass is 35.5. The summed E-state index contributed by atoms with van der Waals surface area (Å²) in [5.74, 6) is -0.174. The predicted molar refractivity (Wildman–Crippen MR) is 67.1 cm³/mol. The molecule has 1 unspecified atom stereocenters. The van der Waals surface area contributed by atoms with Crippen LogP contribution >= 0.6 is 11.6 Å². The van der Waals surface area contributed by atoms with Crippen molar-refractivity contribution in [1.82, 2.24) is 5.32 Å². The number of ether oxygens (including phenoxy) is 1. The Balaban J connectivity index is 1.94. The van der Waals surface area contributed by atoms with Gasteiger partial charge in [0.2, 0.25) is 0 Å². The van der Waals surface area contributed by atoms with E-state index in [9.17, 15) is 4.79 Å². The number of nitrogens with one attached hydrogen (secondary N) is 1. The number of carbonyl (C=O) groups is 1. The molecule has 1 N–H and O–H groups in total. The van der Waals surface area contributed by atoms with Gasteiger partial charge >= 0.3 is 5.97 Å². The van der Waals surface area contributed by atoms with Crippen LogP contribution < -0.4 is 5.32 Å². The van der Waals surface area contributed by atoms with Crippen LogP contribution in [0.1, 0.15) is 18.4 Å². The second-order valence-electron chi connectivity index (χ2n) is 4.31. The number of carbonyl (C=O) groups excluding carboxylic acids is 1. The molecule has 1 fully saturated rings. The van der Waals surface area contributed by atoms with Gasteiger partial charge in [0, 0.05) is 11.1 Å². The van der Waals surface area contributed by atoms with Gasteiger partial charge < -0.3 is 10.1 Å². The lowest BCUT2D eigenvalue weighted by Crippen LogP contribution is -2.37. The summed E-state index contributed by atoms with van der Waals surface area (Å²) in [5.41, 5.74) is 1.12. The van der Waals surface area contributed by atoms with E-state index in [2.05, 4.69) is 5.32 Å². The van der Waals surface area contributed by atoms with Crippen LogP contribution in [-0.2, 0) is 16.0 Å². The predicted octanol–water partition coefficient (Wildman–Crippen LogP) is 2.18. The summed E-state index contributed by atoms with van der Waals surface area (Å²) in [5, 5.41) is 4.07. The van der Waals surface area contributed by atoms with Gasteiger partial charge in [-0.1, -0.05) is 29.8 Å². The minimum Gasteiger partial charge on any atom is -0.468 e. The summed E-state index contributed by atoms with van der Waals surface area (Å²) in [6.07, 6.45) is 2.67. The molecule has 0 bridgehead atoms. The lowest BCUT2D eigenvalue weighted by molar-refractivity contribution is -0.142. The van der Waals surface area contributed by atoms with Crippen LogP contribution in [0.4, 0.5) is 0 Å². The van der Waals surface area contributed by atoms with Crippen LogP contribution in [0, 0.1) is 0 Å². The molecule has 0 aliphatic carbocycles. The third-order valence-corrected chi connectivity index (χ3v) is 3.52. The van der Waals surface area contributed by atoms with Gasteiger partial charge in [0.25, 0.3) is 0 Å². The van der Waals surface area contributed by atoms with Crippen molar-refractivity contribution >= 4 is 17.6 Å². The third kappa shape index (κ3) is 2.99. The minimum atomic E-state index is -0.174. The molecule has 0 saturated carbocycles. The molecule has 1 aromatic carbocycles. The zero-order valence-electron chi connectivity index (χ0n) is 9.78. The SMILES string of the molecule is COC(=O)[C@@H]1CCC(Cc2ccccc2Cl)N1. The number of esters is 1. The van der Waals surface area contributed by atoms with Crippen molar-refractivity contribution in [2.45, 2.75) is 31.3 Å². The van der Waals surface area contributed by atoms with Gasteiger partial charge in [-0.15, -0.1) is 0 Å². The van der Waals surface area contributed by atoms with Crippen molar-refractivity contribution in [2.75, 3.05) is 7.11 Å². The first-order chi connectivity index (χ1) is 8.20. The Bertz CT molecular complexity index is 408. The van der Waals surface area contributed by atoms with Crippen molar-refractivity contribution < 1.29 is 9.53 Å². The molecule has 0 amide bonds. The lowest BCUT2D eigenvalue weighted by atomic mass is 10.0. The molecule has 1 heterocycles. The van der Waals surface area contributed by atoms with E-state index in [1.807, 2.05) is 24.3 Å². The molecule has 1 saturated heterocycles. The molecular formula is C13H16ClNO2. The Labute approximate surface area is 106 Å². The largest absolute Gasteiger partial charge is 0.468 e. The van der Waals surface area contributed by atoms with E-state index < -0.39 is 0 Å². The molecule has 1 aromatic rings. The van der Waals surface area contributed by atoms with E-state index >= 15 is 0 Å². The van der Waals surface area contributed by atoms with Crippen molar-refractivity contribution in [3.63, 3.8) is 0 Å². The van der Waals surface area contributed by atoms with Gasteiger partial charge in [0.1, 0.15) is 6.04 Å². The quantitative estimate of drug-likeness (QED) is 0.840. The fraction of sp³-hybridized carbons (Fsp3) is 0.462. The van der Waals surface area contributed by atoms with Crippen molar-refractivity contribution in [1.29, 1.82) is 0 Å². The normalized spacial score (nSPS) is 23.6. The molecule has 2 atom stereocenters. The second-order valence-corrected chi connectivity index (χ2v) is 4.72. The van der Waals surface area contributed by atoms with Crippen LogP contribution in [0.25, 0.3) is 0 Å². The summed E-state index contributed by atoms with van der Waals surface area (Å²) in [4.78, 5) is 11.4. The number of methoxy groups -OCH3 is 1. The summed E-state index contributed by atoms with van der Waals surface area (Å²) < 4.78 is 4.73. The van der Waals surface area contributed by atoms with Gasteiger partial charge in [0.05, 0.1) is 7.11 Å². The van der Waals surface area contributed by atoms with Crippen molar-refractivity contribution in [3.05, 3.63) is 34.9 Å². The second kappa shape index (κ2) is 5.52. The average Bonchev–Trinajstić information content (AvgIpc) is 2.80. The molecule has 2 rings (SSSR count). The Morgan fingerprint density at radius 2 is 2.24 bits per heavy atom. The minimum absolute atomic E-state index is 0.160. The standard InChI is InChI=1S/C13H16ClNO2/c1-17-13(16)12-7-6-10(15-12)8-9-4-2-3-5-11(9)14/h2-5,10,12,15H,6-8H2,1H3/t10?,12-/m0/s1. The monoisotopic (exact) mass is 253 g/mol. The molecule has 92 valence electrons. The molecule has 3 nitrogen and oxygen atoms in total. The van der Waals surface area contributed by atoms with Crippen LogP contribution in [0.3, 0.4) is 0 Å². The molecule has 0 spiro atoms. The van der Waals surface area contributed by atoms with E-state index in [0.717, 1.165) is 29.8 Å². The average molecular weight is 254 g/mol. The van der Waals surface area contributed by atoms with Gasteiger partial charge in [-0.2, -0.15) is 0 Å². The summed E-state index contributed by atoms with van der Waals surface area (Å²) in [6, 6.07) is 7.96. The Kier molecular flexibility index (Phi) is 4.02. The topological polar surface area (TPSA) is 38.3 Å². The smallest absolute Gasteiger partial charge is 0.322 e. The molecule has 4 heteroatoms. The number of hydrogen-bond donors (Lipinski definition) is 1. The summed E-state index contributed by atoms with van der Waals surface area (Å²) >= 11 is 6.11. The maximum atomic E-state index is 11.4. The van der Waals surface area contributed by atoms with Crippen LogP contribution in [0.15, 0.2) is 24.3 Å². The summed E-state index contributed by atoms with van der Waals surface area (Å²) in [7, 11) is 1.42. The highest BCUT2D eigenvalue weighted by Crippen LogP contribution is 2.21. The Morgan fingerprint density at radius 3 is 2.94 bits per heavy atom. The number of rotatable bonds is 3. The first-order valence-corrected chi connectivity index (χ1v) is 6.16. The van der Waals surface area contributed by atoms with Gasteiger partial charge in [0.15, 0.2) is 0 Å². The Morgan fingerprint density at radius 1 is 1.47 bits per heavy atom. The number of halogens is 1. The number of hydrogen-bond acceptors (Lipinski definition) is 3. The van der Waals surface area contributed by atoms with E-state index in [4.69, 9.17) is 16.3 Å². The highest BCUT2D eigenvalue weighted by Gasteiger charge is 2.29. The van der Waals surface area contributed by atoms with Gasteiger partial charge in [-0.25, -0.2) is 0 Å². The highest BCUT2D eigenvalue weighted by molar-refractivity contribution is 6.31. The van der Waals surface area contributed by atoms with Gasteiger partial charge in [-0.05, 0) is 30.9 Å². The first kappa shape index (κ1) is 12.4. The van der Waals surface area contributed by atoms with Crippen LogP contribution in [0.2, 0.25) is 5.02 Å². The molecule has 0 radical (unpaired) electrons. The van der Waals surface area contributed by atoms with Gasteiger partial charge in [-0.3, -0.25) is 4.79 Å². The van der Waals surface area contributed by atoms with Crippen molar-refractivity contribution in [3.8, 4) is 0 Å². The lowest BCUT2D eigenvalue weighted by Gasteiger charge is -2.13. The maximum Gasteiger partial charge on any atom is 0.322 e. The molecule has 17 heavy (non-hydrogen) atoms. The molecule has 1 aliphatic heterocycles. The zero-order chi connectivity index (χ0) is 12.3. The molecular weight excluding hydrogens is 238 g/mol. The summed E-state index contributed by atoms with van der Waals surface area (Å²) in [6.45, 7) is 0. The molecule has 1 aliphatic rings. The van der Waals surface area contributed by atoms with Crippen LogP contribution in [-0.4, -0.2) is 25.2 Å². The van der Waals surface area contributed by atoms with E-state index in [-0.39, 0.29) is 12.0 Å². The fourth-order valence-electron chi connectivity index (χ4n) is 2.24. The fourth-order valence-corrected chi connectivity index (χ4v) is 2.45. The van der Waals surface area contributed by atoms with E-state index in [1.54, 1.807) is 0 Å². The van der Waals surface area contributed by atoms with Crippen molar-refractivity contribution in [2.24, 2.45) is 0 Å². The number of benzene rings is 1.